The number of aryl methyl sites for hydroxylation is 1. The maximum Gasteiger partial charge on any atom is 0.332 e. The van der Waals surface area contributed by atoms with Crippen LogP contribution in [0.1, 0.15) is 11.1 Å². The zero-order valence-corrected chi connectivity index (χ0v) is 18.6. The Labute approximate surface area is 193 Å². The van der Waals surface area contributed by atoms with E-state index in [1.807, 2.05) is 18.2 Å². The lowest BCUT2D eigenvalue weighted by Crippen LogP contribution is -2.45. The molecule has 0 aliphatic carbocycles. The highest BCUT2D eigenvalue weighted by Gasteiger charge is 2.23. The summed E-state index contributed by atoms with van der Waals surface area (Å²) in [6.45, 7) is 0.680. The molecule has 0 bridgehead atoms. The van der Waals surface area contributed by atoms with Gasteiger partial charge in [0.15, 0.2) is 11.5 Å². The summed E-state index contributed by atoms with van der Waals surface area (Å²) in [7, 11) is 1.53. The van der Waals surface area contributed by atoms with Gasteiger partial charge in [-0.2, -0.15) is 0 Å². The first-order chi connectivity index (χ1) is 15.9. The van der Waals surface area contributed by atoms with E-state index in [0.29, 0.717) is 29.5 Å². The molecule has 0 spiro atoms. The molecule has 0 saturated heterocycles. The molecule has 1 aliphatic rings. The normalized spacial score (nSPS) is 13.2. The van der Waals surface area contributed by atoms with Crippen molar-refractivity contribution in [2.45, 2.75) is 19.5 Å². The van der Waals surface area contributed by atoms with Crippen LogP contribution in [0.5, 0.6) is 0 Å². The third-order valence-corrected chi connectivity index (χ3v) is 6.21. The van der Waals surface area contributed by atoms with Crippen molar-refractivity contribution in [3.63, 3.8) is 0 Å². The fraction of sp³-hybridized carbons (Fsp3) is 0.208. The van der Waals surface area contributed by atoms with Crippen molar-refractivity contribution in [1.29, 1.82) is 0 Å². The molecule has 1 amide bonds. The number of nitrogens with zero attached hydrogens (tertiary/aromatic N) is 5. The van der Waals surface area contributed by atoms with Crippen molar-refractivity contribution in [1.82, 2.24) is 24.0 Å². The first-order valence-corrected chi connectivity index (χ1v) is 10.9. The third kappa shape index (κ3) is 3.82. The van der Waals surface area contributed by atoms with Crippen molar-refractivity contribution in [3.05, 3.63) is 91.7 Å². The van der Waals surface area contributed by atoms with Crippen LogP contribution in [-0.4, -0.2) is 36.5 Å². The van der Waals surface area contributed by atoms with Gasteiger partial charge in [-0.3, -0.25) is 18.7 Å². The van der Waals surface area contributed by atoms with Crippen LogP contribution in [0.2, 0.25) is 5.02 Å². The summed E-state index contributed by atoms with van der Waals surface area (Å²) >= 11 is 5.94. The number of hydrogen-bond donors (Lipinski definition) is 0. The first kappa shape index (κ1) is 21.1. The van der Waals surface area contributed by atoms with Crippen LogP contribution in [0.25, 0.3) is 22.4 Å². The van der Waals surface area contributed by atoms with E-state index in [-0.39, 0.29) is 23.5 Å². The fourth-order valence-electron chi connectivity index (χ4n) is 4.10. The predicted molar refractivity (Wildman–Crippen MR) is 125 cm³/mol. The minimum absolute atomic E-state index is 0.173. The van der Waals surface area contributed by atoms with Gasteiger partial charge in [-0.15, -0.1) is 0 Å². The standard InChI is InChI=1S/C24H20ClN5O3/c1-28-22-19(12-26-21(27-22)16-6-8-18(25)9-7-16)23(32)30(24(28)33)14-20(31)29-11-10-15-4-2-3-5-17(15)13-29/h2-9,12H,10-11,13-14H2,1H3. The van der Waals surface area contributed by atoms with Gasteiger partial charge in [0.25, 0.3) is 5.56 Å². The van der Waals surface area contributed by atoms with E-state index in [2.05, 4.69) is 16.0 Å². The topological polar surface area (TPSA) is 90.1 Å². The summed E-state index contributed by atoms with van der Waals surface area (Å²) in [6.07, 6.45) is 2.14. The molecule has 0 fully saturated rings. The second-order valence-electron chi connectivity index (χ2n) is 8.00. The van der Waals surface area contributed by atoms with Crippen LogP contribution in [0.3, 0.4) is 0 Å². The van der Waals surface area contributed by atoms with Crippen molar-refractivity contribution in [2.75, 3.05) is 6.54 Å². The van der Waals surface area contributed by atoms with Gasteiger partial charge in [-0.05, 0) is 41.8 Å². The molecule has 2 aromatic heterocycles. The van der Waals surface area contributed by atoms with E-state index < -0.39 is 11.2 Å². The molecular formula is C24H20ClN5O3. The fourth-order valence-corrected chi connectivity index (χ4v) is 4.23. The molecule has 0 radical (unpaired) electrons. The average molecular weight is 462 g/mol. The van der Waals surface area contributed by atoms with Crippen molar-refractivity contribution >= 4 is 28.5 Å². The molecule has 0 N–H and O–H groups in total. The highest BCUT2D eigenvalue weighted by Crippen LogP contribution is 2.20. The molecule has 0 atom stereocenters. The summed E-state index contributed by atoms with van der Waals surface area (Å²) in [5, 5.41) is 0.753. The summed E-state index contributed by atoms with van der Waals surface area (Å²) in [5.74, 6) is 0.0936. The number of amides is 1. The van der Waals surface area contributed by atoms with Crippen LogP contribution in [0.4, 0.5) is 0 Å². The number of aromatic nitrogens is 4. The maximum absolute atomic E-state index is 13.1. The van der Waals surface area contributed by atoms with Crippen molar-refractivity contribution in [3.8, 4) is 11.4 Å². The average Bonchev–Trinajstić information content (AvgIpc) is 2.85. The molecule has 0 unspecified atom stereocenters. The number of benzene rings is 2. The second-order valence-corrected chi connectivity index (χ2v) is 8.44. The zero-order chi connectivity index (χ0) is 23.1. The van der Waals surface area contributed by atoms with Crippen LogP contribution < -0.4 is 11.2 Å². The molecule has 8 nitrogen and oxygen atoms in total. The van der Waals surface area contributed by atoms with Crippen LogP contribution in [-0.2, 0) is 31.4 Å². The molecule has 4 aromatic rings. The summed E-state index contributed by atoms with van der Waals surface area (Å²) in [6, 6.07) is 14.9. The monoisotopic (exact) mass is 461 g/mol. The number of carbonyl (C=O) groups excluding carboxylic acids is 1. The second kappa shape index (κ2) is 8.29. The molecular weight excluding hydrogens is 442 g/mol. The Morgan fingerprint density at radius 3 is 2.55 bits per heavy atom. The van der Waals surface area contributed by atoms with Gasteiger partial charge in [0, 0.05) is 36.9 Å². The van der Waals surface area contributed by atoms with Crippen molar-refractivity contribution in [2.24, 2.45) is 7.05 Å². The van der Waals surface area contributed by atoms with E-state index >= 15 is 0 Å². The summed E-state index contributed by atoms with van der Waals surface area (Å²) in [5.41, 5.74) is 2.03. The molecule has 0 saturated carbocycles. The molecule has 33 heavy (non-hydrogen) atoms. The van der Waals surface area contributed by atoms with Gasteiger partial charge in [-0.25, -0.2) is 14.8 Å². The highest BCUT2D eigenvalue weighted by atomic mass is 35.5. The first-order valence-electron chi connectivity index (χ1n) is 10.5. The van der Waals surface area contributed by atoms with E-state index in [1.165, 1.54) is 23.4 Å². The Kier molecular flexibility index (Phi) is 5.30. The van der Waals surface area contributed by atoms with Crippen molar-refractivity contribution < 1.29 is 4.79 Å². The summed E-state index contributed by atoms with van der Waals surface area (Å²) < 4.78 is 2.23. The summed E-state index contributed by atoms with van der Waals surface area (Å²) in [4.78, 5) is 49.5. The largest absolute Gasteiger partial charge is 0.336 e. The number of rotatable bonds is 3. The van der Waals surface area contributed by atoms with Crippen LogP contribution >= 0.6 is 11.6 Å². The molecule has 3 heterocycles. The number of fused-ring (bicyclic) bond motifs is 2. The van der Waals surface area contributed by atoms with Gasteiger partial charge in [-0.1, -0.05) is 35.9 Å². The quantitative estimate of drug-likeness (QED) is 0.467. The Morgan fingerprint density at radius 2 is 1.79 bits per heavy atom. The lowest BCUT2D eigenvalue weighted by molar-refractivity contribution is -0.132. The van der Waals surface area contributed by atoms with Crippen LogP contribution in [0, 0.1) is 0 Å². The number of carbonyl (C=O) groups is 1. The minimum atomic E-state index is -0.598. The Balaban J connectivity index is 1.48. The molecule has 2 aromatic carbocycles. The molecule has 1 aliphatic heterocycles. The predicted octanol–water partition coefficient (Wildman–Crippen LogP) is 2.40. The lowest BCUT2D eigenvalue weighted by atomic mass is 10.00. The molecule has 166 valence electrons. The van der Waals surface area contributed by atoms with Crippen LogP contribution in [0.15, 0.2) is 64.3 Å². The van der Waals surface area contributed by atoms with E-state index in [9.17, 15) is 14.4 Å². The Morgan fingerprint density at radius 1 is 1.06 bits per heavy atom. The van der Waals surface area contributed by atoms with Gasteiger partial charge in [0.1, 0.15) is 11.9 Å². The number of halogens is 1. The molecule has 9 heteroatoms. The van der Waals surface area contributed by atoms with Gasteiger partial charge >= 0.3 is 5.69 Å². The third-order valence-electron chi connectivity index (χ3n) is 5.96. The van der Waals surface area contributed by atoms with Gasteiger partial charge in [0.05, 0.1) is 0 Å². The Hall–Kier alpha value is -3.78. The van der Waals surface area contributed by atoms with E-state index in [1.54, 1.807) is 29.2 Å². The number of hydrogen-bond acceptors (Lipinski definition) is 5. The minimum Gasteiger partial charge on any atom is -0.336 e. The maximum atomic E-state index is 13.1. The lowest BCUT2D eigenvalue weighted by Gasteiger charge is -2.29. The zero-order valence-electron chi connectivity index (χ0n) is 17.9. The van der Waals surface area contributed by atoms with E-state index in [4.69, 9.17) is 11.6 Å². The Bertz CT molecular complexity index is 1510. The van der Waals surface area contributed by atoms with Gasteiger partial charge < -0.3 is 4.90 Å². The molecule has 5 rings (SSSR count). The van der Waals surface area contributed by atoms with Gasteiger partial charge in [0.2, 0.25) is 5.91 Å². The SMILES string of the molecule is Cn1c(=O)n(CC(=O)N2CCc3ccccc3C2)c(=O)c2cnc(-c3ccc(Cl)cc3)nc21. The smallest absolute Gasteiger partial charge is 0.332 e. The highest BCUT2D eigenvalue weighted by molar-refractivity contribution is 6.30. The van der Waals surface area contributed by atoms with E-state index in [0.717, 1.165) is 16.6 Å².